The lowest BCUT2D eigenvalue weighted by Crippen LogP contribution is -2.33. The number of rotatable bonds is 6. The molecule has 8 heteroatoms. The number of anilines is 2. The van der Waals surface area contributed by atoms with Crippen LogP contribution in [0, 0.1) is 6.92 Å². The Balaban J connectivity index is 1.64. The Bertz CT molecular complexity index is 1160. The molecule has 3 N–H and O–H groups in total. The molecule has 3 aromatic rings. The second kappa shape index (κ2) is 10.5. The van der Waals surface area contributed by atoms with Gasteiger partial charge in [-0.3, -0.25) is 14.4 Å². The number of methoxy groups -OCH3 is 1. The van der Waals surface area contributed by atoms with E-state index in [0.29, 0.717) is 17.0 Å². The van der Waals surface area contributed by atoms with E-state index in [1.807, 2.05) is 19.1 Å². The molecule has 0 saturated heterocycles. The summed E-state index contributed by atoms with van der Waals surface area (Å²) in [5.41, 5.74) is 4.89. The molecule has 0 heterocycles. The molecule has 32 heavy (non-hydrogen) atoms. The van der Waals surface area contributed by atoms with Gasteiger partial charge in [-0.25, -0.2) is 5.43 Å². The highest BCUT2D eigenvalue weighted by Crippen LogP contribution is 2.18. The third kappa shape index (κ3) is 5.79. The maximum atomic E-state index is 12.7. The molecule has 0 aliphatic rings. The van der Waals surface area contributed by atoms with Crippen molar-refractivity contribution in [2.24, 2.45) is 5.10 Å². The highest BCUT2D eigenvalue weighted by Gasteiger charge is 2.17. The molecule has 0 saturated carbocycles. The lowest BCUT2D eigenvalue weighted by molar-refractivity contribution is -0.136. The normalized spacial score (nSPS) is 10.4. The molecule has 0 radical (unpaired) electrons. The van der Waals surface area contributed by atoms with Gasteiger partial charge in [-0.2, -0.15) is 5.10 Å². The smallest absolute Gasteiger partial charge is 0.329 e. The Morgan fingerprint density at radius 3 is 2.28 bits per heavy atom. The quantitative estimate of drug-likeness (QED) is 0.317. The third-order valence-corrected chi connectivity index (χ3v) is 4.44. The van der Waals surface area contributed by atoms with E-state index in [1.54, 1.807) is 54.6 Å². The molecule has 3 rings (SSSR count). The van der Waals surface area contributed by atoms with Crippen LogP contribution in [0.5, 0.6) is 5.75 Å². The van der Waals surface area contributed by atoms with Crippen LogP contribution < -0.4 is 20.8 Å². The van der Waals surface area contributed by atoms with E-state index in [4.69, 9.17) is 4.74 Å². The van der Waals surface area contributed by atoms with Crippen molar-refractivity contribution in [1.82, 2.24) is 5.43 Å². The first-order valence-corrected chi connectivity index (χ1v) is 9.72. The molecule has 0 atom stereocenters. The van der Waals surface area contributed by atoms with Crippen molar-refractivity contribution in [2.75, 3.05) is 17.7 Å². The van der Waals surface area contributed by atoms with E-state index in [9.17, 15) is 14.4 Å². The van der Waals surface area contributed by atoms with E-state index in [-0.39, 0.29) is 11.3 Å². The maximum Gasteiger partial charge on any atom is 0.329 e. The second-order valence-electron chi connectivity index (χ2n) is 6.76. The molecule has 3 aromatic carbocycles. The van der Waals surface area contributed by atoms with Gasteiger partial charge in [0.25, 0.3) is 5.91 Å². The van der Waals surface area contributed by atoms with Crippen molar-refractivity contribution < 1.29 is 19.1 Å². The predicted octanol–water partition coefficient (Wildman–Crippen LogP) is 3.34. The molecule has 0 spiro atoms. The number of aryl methyl sites for hydroxylation is 1. The third-order valence-electron chi connectivity index (χ3n) is 4.44. The zero-order valence-corrected chi connectivity index (χ0v) is 17.6. The van der Waals surface area contributed by atoms with Gasteiger partial charge < -0.3 is 15.4 Å². The summed E-state index contributed by atoms with van der Waals surface area (Å²) in [6.07, 6.45) is 1.37. The standard InChI is InChI=1S/C24H22N4O4/c1-16-11-13-18(14-12-16)26-22(29)19-8-4-5-9-20(19)27-23(30)24(31)28-25-15-17-7-3-6-10-21(17)32-2/h3-15H,1-2H3,(H,26,29)(H,27,30)(H,28,31)/b25-15-. The number of para-hydroxylation sites is 2. The van der Waals surface area contributed by atoms with Gasteiger partial charge in [-0.15, -0.1) is 0 Å². The molecule has 0 aromatic heterocycles. The van der Waals surface area contributed by atoms with E-state index in [2.05, 4.69) is 21.2 Å². The van der Waals surface area contributed by atoms with Gasteiger partial charge in [-0.05, 0) is 43.3 Å². The minimum atomic E-state index is -0.982. The van der Waals surface area contributed by atoms with Crippen molar-refractivity contribution in [3.63, 3.8) is 0 Å². The van der Waals surface area contributed by atoms with Crippen LogP contribution in [0.4, 0.5) is 11.4 Å². The average Bonchev–Trinajstić information content (AvgIpc) is 2.81. The highest BCUT2D eigenvalue weighted by molar-refractivity contribution is 6.40. The van der Waals surface area contributed by atoms with Gasteiger partial charge in [0.05, 0.1) is 24.6 Å². The summed E-state index contributed by atoms with van der Waals surface area (Å²) < 4.78 is 5.19. The lowest BCUT2D eigenvalue weighted by atomic mass is 10.1. The topological polar surface area (TPSA) is 109 Å². The molecular weight excluding hydrogens is 408 g/mol. The Labute approximate surface area is 185 Å². The number of hydrazone groups is 1. The van der Waals surface area contributed by atoms with Crippen LogP contribution in [0.1, 0.15) is 21.5 Å². The fraction of sp³-hybridized carbons (Fsp3) is 0.0833. The molecule has 0 aliphatic heterocycles. The van der Waals surface area contributed by atoms with Gasteiger partial charge >= 0.3 is 11.8 Å². The average molecular weight is 430 g/mol. The summed E-state index contributed by atoms with van der Waals surface area (Å²) >= 11 is 0. The van der Waals surface area contributed by atoms with Crippen LogP contribution in [-0.4, -0.2) is 31.0 Å². The summed E-state index contributed by atoms with van der Waals surface area (Å²) in [4.78, 5) is 37.1. The summed E-state index contributed by atoms with van der Waals surface area (Å²) in [7, 11) is 1.52. The van der Waals surface area contributed by atoms with Crippen molar-refractivity contribution in [1.29, 1.82) is 0 Å². The molecule has 0 aliphatic carbocycles. The van der Waals surface area contributed by atoms with Crippen LogP contribution in [-0.2, 0) is 9.59 Å². The van der Waals surface area contributed by atoms with E-state index < -0.39 is 17.7 Å². The van der Waals surface area contributed by atoms with Crippen LogP contribution in [0.25, 0.3) is 0 Å². The summed E-state index contributed by atoms with van der Waals surface area (Å²) in [6, 6.07) is 20.8. The van der Waals surface area contributed by atoms with Crippen LogP contribution in [0.3, 0.4) is 0 Å². The van der Waals surface area contributed by atoms with Gasteiger partial charge in [-0.1, -0.05) is 42.0 Å². The zero-order chi connectivity index (χ0) is 22.9. The Morgan fingerprint density at radius 1 is 0.844 bits per heavy atom. The summed E-state index contributed by atoms with van der Waals surface area (Å²) in [5.74, 6) is -1.79. The van der Waals surface area contributed by atoms with Crippen molar-refractivity contribution >= 4 is 35.3 Å². The molecule has 8 nitrogen and oxygen atoms in total. The first kappa shape index (κ1) is 22.2. The van der Waals surface area contributed by atoms with E-state index in [0.717, 1.165) is 5.56 Å². The molecule has 0 bridgehead atoms. The monoisotopic (exact) mass is 430 g/mol. The van der Waals surface area contributed by atoms with Crippen LogP contribution in [0.15, 0.2) is 77.9 Å². The number of hydrogen-bond acceptors (Lipinski definition) is 5. The minimum absolute atomic E-state index is 0.200. The summed E-state index contributed by atoms with van der Waals surface area (Å²) in [5, 5.41) is 9.00. The number of nitrogens with one attached hydrogen (secondary N) is 3. The van der Waals surface area contributed by atoms with Crippen molar-refractivity contribution in [3.8, 4) is 5.75 Å². The van der Waals surface area contributed by atoms with Gasteiger partial charge in [0, 0.05) is 11.3 Å². The maximum absolute atomic E-state index is 12.7. The lowest BCUT2D eigenvalue weighted by Gasteiger charge is -2.11. The first-order valence-electron chi connectivity index (χ1n) is 9.72. The van der Waals surface area contributed by atoms with E-state index >= 15 is 0 Å². The molecule has 3 amide bonds. The second-order valence-corrected chi connectivity index (χ2v) is 6.76. The molecule has 0 unspecified atom stereocenters. The predicted molar refractivity (Wildman–Crippen MR) is 123 cm³/mol. The minimum Gasteiger partial charge on any atom is -0.496 e. The number of ether oxygens (including phenoxy) is 1. The molecule has 162 valence electrons. The summed E-state index contributed by atoms with van der Waals surface area (Å²) in [6.45, 7) is 1.95. The zero-order valence-electron chi connectivity index (χ0n) is 17.6. The fourth-order valence-electron chi connectivity index (χ4n) is 2.79. The van der Waals surface area contributed by atoms with E-state index in [1.165, 1.54) is 19.4 Å². The molecule has 0 fully saturated rings. The van der Waals surface area contributed by atoms with Gasteiger partial charge in [0.2, 0.25) is 0 Å². The molecular formula is C24H22N4O4. The number of carbonyl (C=O) groups excluding carboxylic acids is 3. The number of benzene rings is 3. The number of carbonyl (C=O) groups is 3. The number of nitrogens with zero attached hydrogens (tertiary/aromatic N) is 1. The van der Waals surface area contributed by atoms with Gasteiger partial charge in [0.1, 0.15) is 5.75 Å². The van der Waals surface area contributed by atoms with Crippen LogP contribution in [0.2, 0.25) is 0 Å². The van der Waals surface area contributed by atoms with Crippen molar-refractivity contribution in [3.05, 3.63) is 89.5 Å². The Kier molecular flexibility index (Phi) is 7.32. The first-order chi connectivity index (χ1) is 15.5. The number of hydrogen-bond donors (Lipinski definition) is 3. The van der Waals surface area contributed by atoms with Crippen LogP contribution >= 0.6 is 0 Å². The SMILES string of the molecule is COc1ccccc1/C=N\NC(=O)C(=O)Nc1ccccc1C(=O)Nc1ccc(C)cc1. The Morgan fingerprint density at radius 2 is 1.53 bits per heavy atom. The number of amides is 3. The Hall–Kier alpha value is -4.46. The largest absolute Gasteiger partial charge is 0.496 e. The highest BCUT2D eigenvalue weighted by atomic mass is 16.5. The fourth-order valence-corrected chi connectivity index (χ4v) is 2.79. The van der Waals surface area contributed by atoms with Crippen molar-refractivity contribution in [2.45, 2.75) is 6.92 Å². The van der Waals surface area contributed by atoms with Gasteiger partial charge in [0.15, 0.2) is 0 Å².